The Hall–Kier alpha value is -2.83. The number of Topliss-reactive ketones (excluding diaryl/α,β-unsaturated/α-hetero) is 1. The maximum atomic E-state index is 14.1. The first kappa shape index (κ1) is 19.6. The van der Waals surface area contributed by atoms with E-state index in [0.717, 1.165) is 29.0 Å². The molecule has 2 bridgehead atoms. The molecule has 1 saturated carbocycles. The molecule has 5 fully saturated rings. The molecule has 4 unspecified atom stereocenters. The van der Waals surface area contributed by atoms with Crippen molar-refractivity contribution >= 4 is 29.4 Å². The fraction of sp³-hybridized carbons (Fsp3) is 0.577. The van der Waals surface area contributed by atoms with Crippen molar-refractivity contribution in [3.8, 4) is 5.75 Å². The van der Waals surface area contributed by atoms with Crippen molar-refractivity contribution in [3.05, 3.63) is 29.3 Å². The average Bonchev–Trinajstić information content (AvgIpc) is 3.17. The molecule has 1 aromatic carbocycles. The Morgan fingerprint density at radius 1 is 1.09 bits per heavy atom. The monoisotopic (exact) mass is 447 g/mol. The zero-order valence-electron chi connectivity index (χ0n) is 19.5. The molecule has 7 heteroatoms. The Balaban J connectivity index is 1.38. The third-order valence-corrected chi connectivity index (χ3v) is 9.43. The maximum Gasteiger partial charge on any atom is 0.249 e. The lowest BCUT2D eigenvalue weighted by Crippen LogP contribution is -2.87. The Kier molecular flexibility index (Phi) is 3.14. The van der Waals surface area contributed by atoms with Crippen molar-refractivity contribution in [2.45, 2.75) is 75.6 Å². The van der Waals surface area contributed by atoms with Crippen molar-refractivity contribution in [2.24, 2.45) is 11.3 Å². The quantitative estimate of drug-likeness (QED) is 0.639. The van der Waals surface area contributed by atoms with Crippen LogP contribution in [0.4, 0.5) is 5.69 Å². The molecule has 3 spiro atoms. The van der Waals surface area contributed by atoms with Gasteiger partial charge >= 0.3 is 0 Å². The van der Waals surface area contributed by atoms with Crippen LogP contribution >= 0.6 is 0 Å². The van der Waals surface area contributed by atoms with Crippen LogP contribution in [0, 0.1) is 11.3 Å². The van der Waals surface area contributed by atoms with Crippen LogP contribution in [0.5, 0.6) is 5.75 Å². The summed E-state index contributed by atoms with van der Waals surface area (Å²) >= 11 is 0. The molecule has 4 atom stereocenters. The fourth-order valence-corrected chi connectivity index (χ4v) is 7.88. The van der Waals surface area contributed by atoms with Crippen LogP contribution in [0.1, 0.15) is 64.5 Å². The summed E-state index contributed by atoms with van der Waals surface area (Å²) in [7, 11) is 0. The van der Waals surface area contributed by atoms with Gasteiger partial charge < -0.3 is 20.3 Å². The summed E-state index contributed by atoms with van der Waals surface area (Å²) in [5, 5.41) is 6.69. The fourth-order valence-electron chi connectivity index (χ4n) is 7.88. The summed E-state index contributed by atoms with van der Waals surface area (Å²) in [4.78, 5) is 43.2. The molecule has 33 heavy (non-hydrogen) atoms. The number of carbonyl (C=O) groups excluding carboxylic acids is 3. The molecule has 6 aliphatic heterocycles. The topological polar surface area (TPSA) is 87.7 Å². The number of piperazine rings is 1. The minimum absolute atomic E-state index is 0.00557. The van der Waals surface area contributed by atoms with Gasteiger partial charge in [-0.25, -0.2) is 0 Å². The number of hydrogen-bond donors (Lipinski definition) is 2. The lowest BCUT2D eigenvalue weighted by molar-refractivity contribution is -0.191. The predicted octanol–water partition coefficient (Wildman–Crippen LogP) is 2.74. The van der Waals surface area contributed by atoms with E-state index in [1.807, 2.05) is 56.9 Å². The van der Waals surface area contributed by atoms with E-state index in [0.29, 0.717) is 19.4 Å². The van der Waals surface area contributed by atoms with Gasteiger partial charge in [0.1, 0.15) is 28.0 Å². The summed E-state index contributed by atoms with van der Waals surface area (Å²) < 4.78 is 6.11. The Labute approximate surface area is 192 Å². The molecule has 1 aliphatic carbocycles. The van der Waals surface area contributed by atoms with Crippen molar-refractivity contribution in [1.29, 1.82) is 0 Å². The highest BCUT2D eigenvalue weighted by Crippen LogP contribution is 2.65. The molecule has 172 valence electrons. The number of anilines is 1. The van der Waals surface area contributed by atoms with E-state index in [4.69, 9.17) is 4.74 Å². The van der Waals surface area contributed by atoms with E-state index in [1.165, 1.54) is 0 Å². The van der Waals surface area contributed by atoms with Gasteiger partial charge in [0.2, 0.25) is 11.8 Å². The van der Waals surface area contributed by atoms with E-state index in [-0.39, 0.29) is 35.5 Å². The SMILES string of the molecule is CC1(C)C=Cc2c(ccc3c2NC32CC34NC(=O)C5(CCCN5C3=O)CC4C(C)(C)C2=O)O1. The molecule has 2 N–H and O–H groups in total. The second-order valence-corrected chi connectivity index (χ2v) is 12.0. The van der Waals surface area contributed by atoms with Crippen LogP contribution < -0.4 is 15.4 Å². The minimum atomic E-state index is -1.06. The molecule has 7 nitrogen and oxygen atoms in total. The van der Waals surface area contributed by atoms with Crippen molar-refractivity contribution in [3.63, 3.8) is 0 Å². The molecule has 4 saturated heterocycles. The zero-order valence-corrected chi connectivity index (χ0v) is 19.5. The van der Waals surface area contributed by atoms with E-state index in [9.17, 15) is 14.4 Å². The highest BCUT2D eigenvalue weighted by molar-refractivity contribution is 6.11. The normalized spacial score (nSPS) is 40.2. The number of hydrogen-bond acceptors (Lipinski definition) is 5. The van der Waals surface area contributed by atoms with Crippen LogP contribution in [0.15, 0.2) is 18.2 Å². The molecule has 7 aliphatic rings. The van der Waals surface area contributed by atoms with Crippen molar-refractivity contribution in [2.75, 3.05) is 11.9 Å². The van der Waals surface area contributed by atoms with Crippen LogP contribution in [0.25, 0.3) is 6.08 Å². The lowest BCUT2D eigenvalue weighted by atomic mass is 9.45. The number of amides is 2. The van der Waals surface area contributed by atoms with Crippen molar-refractivity contribution < 1.29 is 19.1 Å². The van der Waals surface area contributed by atoms with E-state index < -0.39 is 22.0 Å². The molecule has 0 radical (unpaired) electrons. The number of rotatable bonds is 0. The average molecular weight is 448 g/mol. The second-order valence-electron chi connectivity index (χ2n) is 12.0. The molecule has 0 aromatic heterocycles. The number of piperidine rings is 2. The van der Waals surface area contributed by atoms with E-state index in [2.05, 4.69) is 10.6 Å². The smallest absolute Gasteiger partial charge is 0.249 e. The maximum absolute atomic E-state index is 14.1. The Bertz CT molecular complexity index is 1230. The number of nitrogens with zero attached hydrogens (tertiary/aromatic N) is 1. The molecular formula is C26H29N3O4. The molecule has 6 heterocycles. The third kappa shape index (κ3) is 1.95. The number of ether oxygens (including phenoxy) is 1. The van der Waals surface area contributed by atoms with Gasteiger partial charge in [-0.15, -0.1) is 0 Å². The second kappa shape index (κ2) is 5.29. The summed E-state index contributed by atoms with van der Waals surface area (Å²) in [6, 6.07) is 3.89. The van der Waals surface area contributed by atoms with Gasteiger partial charge in [-0.1, -0.05) is 19.9 Å². The van der Waals surface area contributed by atoms with Gasteiger partial charge in [-0.2, -0.15) is 0 Å². The van der Waals surface area contributed by atoms with Gasteiger partial charge in [0.15, 0.2) is 5.78 Å². The summed E-state index contributed by atoms with van der Waals surface area (Å²) in [6.45, 7) is 8.56. The Morgan fingerprint density at radius 2 is 1.88 bits per heavy atom. The molecule has 1 aromatic rings. The lowest BCUT2D eigenvalue weighted by Gasteiger charge is -2.68. The van der Waals surface area contributed by atoms with Gasteiger partial charge in [-0.3, -0.25) is 14.4 Å². The van der Waals surface area contributed by atoms with E-state index >= 15 is 0 Å². The van der Waals surface area contributed by atoms with Gasteiger partial charge in [-0.05, 0) is 51.3 Å². The first-order valence-corrected chi connectivity index (χ1v) is 12.0. The number of nitrogens with one attached hydrogen (secondary N) is 2. The highest BCUT2D eigenvalue weighted by atomic mass is 16.5. The zero-order chi connectivity index (χ0) is 23.2. The molecule has 2 amide bonds. The summed E-state index contributed by atoms with van der Waals surface area (Å²) in [5.74, 6) is 0.627. The van der Waals surface area contributed by atoms with Crippen LogP contribution in [0.2, 0.25) is 0 Å². The number of fused-ring (bicyclic) bond motifs is 5. The van der Waals surface area contributed by atoms with Gasteiger partial charge in [0.05, 0.1) is 5.69 Å². The van der Waals surface area contributed by atoms with Gasteiger partial charge in [0, 0.05) is 35.4 Å². The largest absolute Gasteiger partial charge is 0.483 e. The van der Waals surface area contributed by atoms with E-state index in [1.54, 1.807) is 0 Å². The standard InChI is InChI=1S/C26H29N3O4/c1-22(2)10-8-14-16(33-22)7-6-15-18(14)27-25(15)13-26-17(23(3,4)19(25)30)12-24(20(31)28-26)9-5-11-29(24)21(26)32/h6-8,10,17,27H,5,9,11-13H2,1-4H3,(H,28,31). The minimum Gasteiger partial charge on any atom is -0.483 e. The number of carbonyl (C=O) groups is 3. The molecular weight excluding hydrogens is 418 g/mol. The number of ketones is 1. The summed E-state index contributed by atoms with van der Waals surface area (Å²) in [6.07, 6.45) is 6.40. The first-order chi connectivity index (χ1) is 15.5. The van der Waals surface area contributed by atoms with Crippen LogP contribution in [-0.4, -0.2) is 45.7 Å². The van der Waals surface area contributed by atoms with Crippen LogP contribution in [-0.2, 0) is 19.9 Å². The highest BCUT2D eigenvalue weighted by Gasteiger charge is 2.77. The first-order valence-electron chi connectivity index (χ1n) is 12.0. The third-order valence-electron chi connectivity index (χ3n) is 9.43. The summed E-state index contributed by atoms with van der Waals surface area (Å²) in [5.41, 5.74) is -1.27. The van der Waals surface area contributed by atoms with Crippen molar-refractivity contribution in [1.82, 2.24) is 10.2 Å². The van der Waals surface area contributed by atoms with Gasteiger partial charge in [0.25, 0.3) is 0 Å². The molecule has 8 rings (SSSR count). The van der Waals surface area contributed by atoms with Crippen LogP contribution in [0.3, 0.4) is 0 Å². The number of benzene rings is 1. The Morgan fingerprint density at radius 3 is 2.67 bits per heavy atom. The predicted molar refractivity (Wildman–Crippen MR) is 122 cm³/mol.